The molecule has 0 spiro atoms. The molecule has 0 saturated carbocycles. The van der Waals surface area contributed by atoms with Gasteiger partial charge in [-0.05, 0) is 37.1 Å². The smallest absolute Gasteiger partial charge is 0.301 e. The first-order chi connectivity index (χ1) is 14.7. The van der Waals surface area contributed by atoms with Crippen molar-refractivity contribution in [3.05, 3.63) is 57.6 Å². The molecule has 0 bridgehead atoms. The Morgan fingerprint density at radius 2 is 1.77 bits per heavy atom. The molecule has 0 radical (unpaired) electrons. The van der Waals surface area contributed by atoms with Crippen LogP contribution in [0.3, 0.4) is 0 Å². The molecule has 4 rings (SSSR count). The van der Waals surface area contributed by atoms with Crippen LogP contribution >= 0.6 is 11.6 Å². The van der Waals surface area contributed by atoms with E-state index in [0.29, 0.717) is 13.1 Å². The summed E-state index contributed by atoms with van der Waals surface area (Å²) in [5.74, 6) is -1.75. The number of hydrogen-bond donors (Lipinski definition) is 2. The zero-order chi connectivity index (χ0) is 22.3. The fourth-order valence-corrected chi connectivity index (χ4v) is 4.98. The first-order valence-electron chi connectivity index (χ1n) is 9.36. The number of nitrogens with one attached hydrogen (secondary N) is 2. The average molecular weight is 470 g/mol. The third kappa shape index (κ3) is 3.95. The quantitative estimate of drug-likeness (QED) is 0.597. The number of anilines is 3. The molecule has 0 aliphatic carbocycles. The summed E-state index contributed by atoms with van der Waals surface area (Å²) < 4.78 is 59.3. The zero-order valence-corrected chi connectivity index (χ0v) is 17.9. The van der Waals surface area contributed by atoms with Gasteiger partial charge in [0.15, 0.2) is 5.82 Å². The van der Waals surface area contributed by atoms with E-state index in [-0.39, 0.29) is 33.0 Å². The van der Waals surface area contributed by atoms with Gasteiger partial charge in [0, 0.05) is 20.1 Å². The minimum Gasteiger partial charge on any atom is -0.349 e. The van der Waals surface area contributed by atoms with E-state index in [9.17, 15) is 17.6 Å². The van der Waals surface area contributed by atoms with E-state index in [1.165, 1.54) is 35.9 Å². The lowest BCUT2D eigenvalue weighted by atomic mass is 10.2. The SMILES string of the molecule is Cn1cnc2ccc(Nc3c(F)ccc(NS(=O)(=O)N4CCCC4)c3Cl)c(F)c2c1=O. The highest BCUT2D eigenvalue weighted by Gasteiger charge is 2.27. The van der Waals surface area contributed by atoms with E-state index < -0.39 is 27.4 Å². The minimum atomic E-state index is -3.86. The standard InChI is InChI=1S/C19H18ClF2N5O3S/c1-26-10-23-12-6-7-14(17(22)15(12)19(26)28)24-18-11(21)4-5-13(16(18)20)25-31(29,30)27-8-2-3-9-27/h4-7,10,24-25H,2-3,8-9H2,1H3. The highest BCUT2D eigenvalue weighted by atomic mass is 35.5. The van der Waals surface area contributed by atoms with Crippen LogP contribution in [0.1, 0.15) is 12.8 Å². The number of fused-ring (bicyclic) bond motifs is 1. The van der Waals surface area contributed by atoms with E-state index in [1.54, 1.807) is 0 Å². The van der Waals surface area contributed by atoms with Crippen LogP contribution in [0.5, 0.6) is 0 Å². The molecule has 164 valence electrons. The van der Waals surface area contributed by atoms with Gasteiger partial charge in [0.25, 0.3) is 5.56 Å². The summed E-state index contributed by atoms with van der Waals surface area (Å²) in [6.45, 7) is 0.759. The fourth-order valence-electron chi connectivity index (χ4n) is 3.36. The second-order valence-electron chi connectivity index (χ2n) is 7.10. The molecule has 0 atom stereocenters. The van der Waals surface area contributed by atoms with Gasteiger partial charge in [-0.3, -0.25) is 9.52 Å². The van der Waals surface area contributed by atoms with E-state index >= 15 is 4.39 Å². The van der Waals surface area contributed by atoms with Gasteiger partial charge >= 0.3 is 10.2 Å². The van der Waals surface area contributed by atoms with Crippen LogP contribution in [-0.4, -0.2) is 35.4 Å². The first kappa shape index (κ1) is 21.5. The Labute approximate surface area is 181 Å². The third-order valence-corrected chi connectivity index (χ3v) is 6.93. The van der Waals surface area contributed by atoms with E-state index in [2.05, 4.69) is 15.0 Å². The summed E-state index contributed by atoms with van der Waals surface area (Å²) in [4.78, 5) is 16.3. The highest BCUT2D eigenvalue weighted by Crippen LogP contribution is 2.36. The molecule has 31 heavy (non-hydrogen) atoms. The molecule has 3 aromatic rings. The molecular weight excluding hydrogens is 452 g/mol. The molecule has 1 fully saturated rings. The topological polar surface area (TPSA) is 96.3 Å². The van der Waals surface area contributed by atoms with Crippen molar-refractivity contribution in [1.29, 1.82) is 0 Å². The lowest BCUT2D eigenvalue weighted by Gasteiger charge is -2.19. The largest absolute Gasteiger partial charge is 0.349 e. The fraction of sp³-hybridized carbons (Fsp3) is 0.263. The predicted octanol–water partition coefficient (Wildman–Crippen LogP) is 3.36. The van der Waals surface area contributed by atoms with Gasteiger partial charge < -0.3 is 9.88 Å². The maximum Gasteiger partial charge on any atom is 0.301 e. The van der Waals surface area contributed by atoms with Crippen LogP contribution < -0.4 is 15.6 Å². The Morgan fingerprint density at radius 3 is 2.48 bits per heavy atom. The van der Waals surface area contributed by atoms with Crippen molar-refractivity contribution in [2.24, 2.45) is 7.05 Å². The molecule has 1 aliphatic rings. The van der Waals surface area contributed by atoms with Crippen molar-refractivity contribution in [1.82, 2.24) is 13.9 Å². The lowest BCUT2D eigenvalue weighted by molar-refractivity contribution is 0.482. The number of hydrogen-bond acceptors (Lipinski definition) is 5. The van der Waals surface area contributed by atoms with Crippen LogP contribution in [0.25, 0.3) is 10.9 Å². The monoisotopic (exact) mass is 469 g/mol. The molecule has 12 heteroatoms. The second-order valence-corrected chi connectivity index (χ2v) is 9.15. The maximum atomic E-state index is 15.0. The zero-order valence-electron chi connectivity index (χ0n) is 16.3. The Hall–Kier alpha value is -2.76. The summed E-state index contributed by atoms with van der Waals surface area (Å²) in [6.07, 6.45) is 2.77. The Morgan fingerprint density at radius 1 is 1.10 bits per heavy atom. The summed E-state index contributed by atoms with van der Waals surface area (Å²) in [5.41, 5.74) is -1.06. The summed E-state index contributed by atoms with van der Waals surface area (Å²) in [5, 5.41) is 1.99. The molecule has 8 nitrogen and oxygen atoms in total. The molecule has 2 N–H and O–H groups in total. The van der Waals surface area contributed by atoms with Crippen LogP contribution in [0.4, 0.5) is 25.8 Å². The maximum absolute atomic E-state index is 15.0. The van der Waals surface area contributed by atoms with Gasteiger partial charge in [0.1, 0.15) is 11.2 Å². The lowest BCUT2D eigenvalue weighted by Crippen LogP contribution is -2.33. The second kappa shape index (κ2) is 8.06. The molecule has 0 unspecified atom stereocenters. The van der Waals surface area contributed by atoms with Crippen LogP contribution in [0, 0.1) is 11.6 Å². The van der Waals surface area contributed by atoms with E-state index in [1.807, 2.05) is 0 Å². The van der Waals surface area contributed by atoms with Crippen molar-refractivity contribution >= 4 is 49.8 Å². The van der Waals surface area contributed by atoms with Gasteiger partial charge in [0.2, 0.25) is 0 Å². The molecule has 0 amide bonds. The van der Waals surface area contributed by atoms with Crippen LogP contribution in [0.15, 0.2) is 35.4 Å². The van der Waals surface area contributed by atoms with E-state index in [0.717, 1.165) is 23.5 Å². The Bertz CT molecular complexity index is 1340. The molecule has 1 saturated heterocycles. The first-order valence-corrected chi connectivity index (χ1v) is 11.2. The summed E-state index contributed by atoms with van der Waals surface area (Å²) in [7, 11) is -2.43. The molecule has 1 aromatic heterocycles. The van der Waals surface area contributed by atoms with Crippen molar-refractivity contribution < 1.29 is 17.2 Å². The minimum absolute atomic E-state index is 0.0590. The van der Waals surface area contributed by atoms with Crippen molar-refractivity contribution in [2.75, 3.05) is 23.1 Å². The number of nitrogens with zero attached hydrogens (tertiary/aromatic N) is 3. The number of halogens is 3. The van der Waals surface area contributed by atoms with Crippen LogP contribution in [0.2, 0.25) is 5.02 Å². The number of benzene rings is 2. The number of aryl methyl sites for hydroxylation is 1. The highest BCUT2D eigenvalue weighted by molar-refractivity contribution is 7.90. The van der Waals surface area contributed by atoms with Gasteiger partial charge in [-0.25, -0.2) is 13.8 Å². The summed E-state index contributed by atoms with van der Waals surface area (Å²) in [6, 6.07) is 4.90. The average Bonchev–Trinajstić information content (AvgIpc) is 3.27. The Balaban J connectivity index is 1.73. The van der Waals surface area contributed by atoms with Gasteiger partial charge in [0.05, 0.1) is 33.9 Å². The molecule has 1 aliphatic heterocycles. The van der Waals surface area contributed by atoms with Crippen molar-refractivity contribution in [3.63, 3.8) is 0 Å². The predicted molar refractivity (Wildman–Crippen MR) is 115 cm³/mol. The molecule has 2 heterocycles. The third-order valence-electron chi connectivity index (χ3n) is 5.02. The van der Waals surface area contributed by atoms with Gasteiger partial charge in [-0.1, -0.05) is 11.6 Å². The van der Waals surface area contributed by atoms with Crippen molar-refractivity contribution in [2.45, 2.75) is 12.8 Å². The van der Waals surface area contributed by atoms with Gasteiger partial charge in [-0.15, -0.1) is 0 Å². The normalized spacial score (nSPS) is 14.8. The van der Waals surface area contributed by atoms with E-state index in [4.69, 9.17) is 11.6 Å². The summed E-state index contributed by atoms with van der Waals surface area (Å²) >= 11 is 6.26. The number of aromatic nitrogens is 2. The van der Waals surface area contributed by atoms with Crippen LogP contribution in [-0.2, 0) is 17.3 Å². The molecule has 2 aromatic carbocycles. The Kier molecular flexibility index (Phi) is 5.58. The van der Waals surface area contributed by atoms with Gasteiger partial charge in [-0.2, -0.15) is 12.7 Å². The van der Waals surface area contributed by atoms with Crippen molar-refractivity contribution in [3.8, 4) is 0 Å². The number of rotatable bonds is 5. The molecular formula is C19H18ClF2N5O3S.